The second-order valence-corrected chi connectivity index (χ2v) is 6.56. The minimum atomic E-state index is -3.20. The first kappa shape index (κ1) is 17.4. The maximum atomic E-state index is 11.8. The number of sulfonamides is 1. The Bertz CT molecular complexity index is 341. The summed E-state index contributed by atoms with van der Waals surface area (Å²) in [6.07, 6.45) is 4.23. The Morgan fingerprint density at radius 1 is 1.06 bits per heavy atom. The van der Waals surface area contributed by atoms with Gasteiger partial charge in [0, 0.05) is 33.1 Å². The minimum Gasteiger partial charge on any atom is -0.346 e. The van der Waals surface area contributed by atoms with Crippen molar-refractivity contribution >= 4 is 15.9 Å². The third-order valence-electron chi connectivity index (χ3n) is 2.79. The van der Waals surface area contributed by atoms with Crippen LogP contribution in [0.15, 0.2) is 0 Å². The summed E-state index contributed by atoms with van der Waals surface area (Å²) >= 11 is 0. The average molecular weight is 278 g/mol. The highest BCUT2D eigenvalue weighted by Crippen LogP contribution is 2.03. The van der Waals surface area contributed by atoms with E-state index in [4.69, 9.17) is 0 Å². The van der Waals surface area contributed by atoms with E-state index in [-0.39, 0.29) is 18.9 Å². The molecule has 0 spiro atoms. The van der Waals surface area contributed by atoms with E-state index in [9.17, 15) is 13.2 Å². The van der Waals surface area contributed by atoms with Crippen LogP contribution in [0.4, 0.5) is 0 Å². The van der Waals surface area contributed by atoms with Crippen LogP contribution in [0.2, 0.25) is 0 Å². The molecular weight excluding hydrogens is 252 g/mol. The molecule has 0 aliphatic heterocycles. The normalized spacial score (nSPS) is 11.8. The van der Waals surface area contributed by atoms with Gasteiger partial charge in [-0.1, -0.05) is 20.3 Å². The third-order valence-corrected chi connectivity index (χ3v) is 4.09. The van der Waals surface area contributed by atoms with Crippen molar-refractivity contribution in [2.24, 2.45) is 0 Å². The quantitative estimate of drug-likeness (QED) is 0.639. The minimum absolute atomic E-state index is 0.00760. The zero-order valence-electron chi connectivity index (χ0n) is 12.0. The fourth-order valence-corrected chi connectivity index (χ4v) is 2.56. The summed E-state index contributed by atoms with van der Waals surface area (Å²) in [7, 11) is -1.44. The van der Waals surface area contributed by atoms with Crippen LogP contribution < -0.4 is 0 Å². The van der Waals surface area contributed by atoms with E-state index in [1.165, 1.54) is 10.6 Å². The zero-order chi connectivity index (χ0) is 14.2. The predicted molar refractivity (Wildman–Crippen MR) is 73.9 cm³/mol. The number of carbonyl (C=O) groups is 1. The Balaban J connectivity index is 4.23. The van der Waals surface area contributed by atoms with Gasteiger partial charge in [-0.15, -0.1) is 0 Å². The van der Waals surface area contributed by atoms with E-state index in [0.717, 1.165) is 25.8 Å². The van der Waals surface area contributed by atoms with E-state index in [0.29, 0.717) is 6.54 Å². The van der Waals surface area contributed by atoms with E-state index in [2.05, 4.69) is 6.92 Å². The second-order valence-electron chi connectivity index (χ2n) is 4.58. The number of amides is 1. The van der Waals surface area contributed by atoms with Gasteiger partial charge < -0.3 is 4.90 Å². The first-order valence-corrected chi connectivity index (χ1v) is 8.36. The van der Waals surface area contributed by atoms with Crippen molar-refractivity contribution in [1.29, 1.82) is 0 Å². The van der Waals surface area contributed by atoms with Gasteiger partial charge in [0.2, 0.25) is 15.9 Å². The Kier molecular flexibility index (Phi) is 8.18. The molecule has 0 unspecified atom stereocenters. The molecule has 6 heteroatoms. The SMILES string of the molecule is CCCCN(C)C(=O)CCN(CCC)S(C)(=O)=O. The largest absolute Gasteiger partial charge is 0.346 e. The molecule has 0 saturated heterocycles. The van der Waals surface area contributed by atoms with Crippen LogP contribution in [0.5, 0.6) is 0 Å². The molecule has 0 atom stereocenters. The molecular formula is C12H26N2O3S. The van der Waals surface area contributed by atoms with Crippen molar-refractivity contribution in [3.05, 3.63) is 0 Å². The zero-order valence-corrected chi connectivity index (χ0v) is 12.8. The van der Waals surface area contributed by atoms with E-state index >= 15 is 0 Å². The van der Waals surface area contributed by atoms with E-state index in [1.54, 1.807) is 11.9 Å². The molecule has 108 valence electrons. The molecule has 5 nitrogen and oxygen atoms in total. The Hall–Kier alpha value is -0.620. The molecule has 0 heterocycles. The van der Waals surface area contributed by atoms with Gasteiger partial charge in [0.15, 0.2) is 0 Å². The predicted octanol–water partition coefficient (Wildman–Crippen LogP) is 1.31. The molecule has 0 aromatic carbocycles. The van der Waals surface area contributed by atoms with Crippen LogP contribution in [0, 0.1) is 0 Å². The van der Waals surface area contributed by atoms with Gasteiger partial charge in [-0.2, -0.15) is 0 Å². The maximum Gasteiger partial charge on any atom is 0.223 e. The molecule has 0 aromatic heterocycles. The van der Waals surface area contributed by atoms with Crippen molar-refractivity contribution in [3.63, 3.8) is 0 Å². The fourth-order valence-electron chi connectivity index (χ4n) is 1.62. The van der Waals surface area contributed by atoms with Gasteiger partial charge in [-0.25, -0.2) is 12.7 Å². The smallest absolute Gasteiger partial charge is 0.223 e. The lowest BCUT2D eigenvalue weighted by Crippen LogP contribution is -2.36. The average Bonchev–Trinajstić information content (AvgIpc) is 2.29. The van der Waals surface area contributed by atoms with Crippen LogP contribution in [-0.2, 0) is 14.8 Å². The molecule has 0 N–H and O–H groups in total. The van der Waals surface area contributed by atoms with Gasteiger partial charge in [0.25, 0.3) is 0 Å². The van der Waals surface area contributed by atoms with E-state index in [1.807, 2.05) is 6.92 Å². The lowest BCUT2D eigenvalue weighted by molar-refractivity contribution is -0.130. The highest BCUT2D eigenvalue weighted by atomic mass is 32.2. The van der Waals surface area contributed by atoms with Crippen LogP contribution >= 0.6 is 0 Å². The van der Waals surface area contributed by atoms with Gasteiger partial charge in [0.05, 0.1) is 6.26 Å². The number of carbonyl (C=O) groups excluding carboxylic acids is 1. The maximum absolute atomic E-state index is 11.8. The number of nitrogens with zero attached hydrogens (tertiary/aromatic N) is 2. The summed E-state index contributed by atoms with van der Waals surface area (Å²) < 4.78 is 24.3. The van der Waals surface area contributed by atoms with Gasteiger partial charge in [0.1, 0.15) is 0 Å². The van der Waals surface area contributed by atoms with Gasteiger partial charge in [-0.05, 0) is 12.8 Å². The third kappa shape index (κ3) is 6.96. The van der Waals surface area contributed by atoms with Crippen LogP contribution in [-0.4, -0.2) is 56.5 Å². The topological polar surface area (TPSA) is 57.7 Å². The second kappa shape index (κ2) is 8.48. The molecule has 0 fully saturated rings. The molecule has 0 aliphatic carbocycles. The first-order chi connectivity index (χ1) is 8.32. The van der Waals surface area contributed by atoms with Gasteiger partial charge >= 0.3 is 0 Å². The van der Waals surface area contributed by atoms with Crippen molar-refractivity contribution in [2.75, 3.05) is 32.9 Å². The molecule has 18 heavy (non-hydrogen) atoms. The molecule has 0 saturated carbocycles. The summed E-state index contributed by atoms with van der Waals surface area (Å²) in [5, 5.41) is 0. The standard InChI is InChI=1S/C12H26N2O3S/c1-5-7-10-13(3)12(15)8-11-14(9-6-2)18(4,16)17/h5-11H2,1-4H3. The van der Waals surface area contributed by atoms with Gasteiger partial charge in [-0.3, -0.25) is 4.79 Å². The summed E-state index contributed by atoms with van der Waals surface area (Å²) in [4.78, 5) is 13.5. The van der Waals surface area contributed by atoms with Crippen molar-refractivity contribution < 1.29 is 13.2 Å². The molecule has 1 amide bonds. The van der Waals surface area contributed by atoms with Crippen LogP contribution in [0.25, 0.3) is 0 Å². The van der Waals surface area contributed by atoms with Crippen molar-refractivity contribution in [1.82, 2.24) is 9.21 Å². The van der Waals surface area contributed by atoms with E-state index < -0.39 is 10.0 Å². The summed E-state index contributed by atoms with van der Waals surface area (Å²) in [5.41, 5.74) is 0. The number of hydrogen-bond donors (Lipinski definition) is 0. The van der Waals surface area contributed by atoms with Crippen molar-refractivity contribution in [2.45, 2.75) is 39.5 Å². The molecule has 0 aliphatic rings. The van der Waals surface area contributed by atoms with Crippen molar-refractivity contribution in [3.8, 4) is 0 Å². The molecule has 0 aromatic rings. The molecule has 0 radical (unpaired) electrons. The summed E-state index contributed by atoms with van der Waals surface area (Å²) in [6, 6.07) is 0. The first-order valence-electron chi connectivity index (χ1n) is 6.52. The highest BCUT2D eigenvalue weighted by Gasteiger charge is 2.17. The molecule has 0 rings (SSSR count). The number of hydrogen-bond acceptors (Lipinski definition) is 3. The summed E-state index contributed by atoms with van der Waals surface area (Å²) in [6.45, 7) is 5.49. The number of rotatable bonds is 9. The Morgan fingerprint density at radius 3 is 2.11 bits per heavy atom. The van der Waals surface area contributed by atoms with Crippen LogP contribution in [0.1, 0.15) is 39.5 Å². The lowest BCUT2D eigenvalue weighted by Gasteiger charge is -2.21. The molecule has 0 bridgehead atoms. The fraction of sp³-hybridized carbons (Fsp3) is 0.917. The van der Waals surface area contributed by atoms with Crippen LogP contribution in [0.3, 0.4) is 0 Å². The monoisotopic (exact) mass is 278 g/mol. The Morgan fingerprint density at radius 2 is 1.67 bits per heavy atom. The summed E-state index contributed by atoms with van der Waals surface area (Å²) in [5.74, 6) is 0.00760. The number of unbranched alkanes of at least 4 members (excludes halogenated alkanes) is 1. The highest BCUT2D eigenvalue weighted by molar-refractivity contribution is 7.88. The lowest BCUT2D eigenvalue weighted by atomic mass is 10.3. The Labute approximate surface area is 111 Å².